The van der Waals surface area contributed by atoms with Crippen LogP contribution < -0.4 is 5.32 Å². The molecule has 2 aliphatic heterocycles. The van der Waals surface area contributed by atoms with Crippen LogP contribution in [0.15, 0.2) is 0 Å². The van der Waals surface area contributed by atoms with Gasteiger partial charge in [-0.05, 0) is 25.8 Å². The summed E-state index contributed by atoms with van der Waals surface area (Å²) in [4.78, 5) is 17.6. The third kappa shape index (κ3) is 8.11. The van der Waals surface area contributed by atoms with Gasteiger partial charge in [0.05, 0.1) is 0 Å². The molecule has 2 heterocycles. The van der Waals surface area contributed by atoms with Crippen molar-refractivity contribution in [3.8, 4) is 0 Å². The van der Waals surface area contributed by atoms with Crippen molar-refractivity contribution in [1.82, 2.24) is 20.0 Å². The van der Waals surface area contributed by atoms with Gasteiger partial charge in [-0.1, -0.05) is 27.7 Å². The van der Waals surface area contributed by atoms with Gasteiger partial charge in [-0.15, -0.1) is 0 Å². The largest absolute Gasteiger partial charge is 0.345 e. The predicted octanol–water partition coefficient (Wildman–Crippen LogP) is 1.70. The summed E-state index contributed by atoms with van der Waals surface area (Å²) in [5, 5.41) is 3.21. The van der Waals surface area contributed by atoms with Crippen molar-refractivity contribution in [1.29, 1.82) is 0 Å². The number of hydrogen-bond donors (Lipinski definition) is 1. The first-order valence-electron chi connectivity index (χ1n) is 9.10. The van der Waals surface area contributed by atoms with Gasteiger partial charge in [0.1, 0.15) is 0 Å². The van der Waals surface area contributed by atoms with E-state index in [-0.39, 0.29) is 0 Å². The Bertz CT molecular complexity index is 247. The van der Waals surface area contributed by atoms with Crippen LogP contribution in [-0.2, 0) is 4.79 Å². The maximum atomic E-state index is 10.7. The number of piperidine rings is 1. The summed E-state index contributed by atoms with van der Waals surface area (Å²) in [5.74, 6) is 0.789. The van der Waals surface area contributed by atoms with Crippen LogP contribution in [-0.4, -0.2) is 80.6 Å². The van der Waals surface area contributed by atoms with Crippen molar-refractivity contribution in [3.05, 3.63) is 0 Å². The van der Waals surface area contributed by atoms with E-state index in [1.54, 1.807) is 0 Å². The van der Waals surface area contributed by atoms with E-state index in [1.807, 2.05) is 39.6 Å². The van der Waals surface area contributed by atoms with Gasteiger partial charge in [0, 0.05) is 52.5 Å². The van der Waals surface area contributed by atoms with Crippen LogP contribution in [0.4, 0.5) is 0 Å². The molecule has 132 valence electrons. The molecule has 0 aromatic heterocycles. The molecule has 2 saturated heterocycles. The van der Waals surface area contributed by atoms with E-state index in [9.17, 15) is 4.79 Å². The lowest BCUT2D eigenvalue weighted by atomic mass is 9.96. The Kier molecular flexibility index (Phi) is 13.6. The zero-order valence-electron chi connectivity index (χ0n) is 15.5. The lowest BCUT2D eigenvalue weighted by molar-refractivity contribution is -0.119. The van der Waals surface area contributed by atoms with Crippen LogP contribution in [0.1, 0.15) is 40.5 Å². The summed E-state index contributed by atoms with van der Waals surface area (Å²) in [6, 6.07) is 0. The van der Waals surface area contributed by atoms with E-state index in [1.165, 1.54) is 45.6 Å². The van der Waals surface area contributed by atoms with Gasteiger partial charge in [0.25, 0.3) is 0 Å². The fraction of sp³-hybridized carbons (Fsp3) is 0.941. The van der Waals surface area contributed by atoms with Crippen LogP contribution in [0.5, 0.6) is 0 Å². The summed E-state index contributed by atoms with van der Waals surface area (Å²) in [5.41, 5.74) is 0. The van der Waals surface area contributed by atoms with Crippen LogP contribution in [0.25, 0.3) is 0 Å². The third-order valence-electron chi connectivity index (χ3n) is 4.16. The maximum absolute atomic E-state index is 10.7. The molecule has 0 spiro atoms. The lowest BCUT2D eigenvalue weighted by Crippen LogP contribution is -2.50. The smallest absolute Gasteiger partial charge is 0.209 e. The van der Waals surface area contributed by atoms with Gasteiger partial charge >= 0.3 is 0 Å². The number of likely N-dealkylation sites (tertiary alicyclic amines) is 1. The second-order valence-corrected chi connectivity index (χ2v) is 5.52. The standard InChI is InChI=1S/C13H26N4O.2C2H6/c1-14-11-16-8-6-15(7-9-16)10-13-2-4-17(12-18)5-3-13;2*1-2/h12-14H,2-11H2,1H3;2*1-2H3. The molecule has 5 nitrogen and oxygen atoms in total. The van der Waals surface area contributed by atoms with Gasteiger partial charge in [0.2, 0.25) is 6.41 Å². The Labute approximate surface area is 138 Å². The fourth-order valence-corrected chi connectivity index (χ4v) is 2.96. The van der Waals surface area contributed by atoms with Gasteiger partial charge in [-0.25, -0.2) is 0 Å². The summed E-state index contributed by atoms with van der Waals surface area (Å²) in [7, 11) is 2.01. The quantitative estimate of drug-likeness (QED) is 0.784. The summed E-state index contributed by atoms with van der Waals surface area (Å²) in [6.45, 7) is 16.9. The minimum Gasteiger partial charge on any atom is -0.345 e. The molecule has 5 heteroatoms. The first-order chi connectivity index (χ1) is 10.8. The monoisotopic (exact) mass is 314 g/mol. The predicted molar refractivity (Wildman–Crippen MR) is 95.0 cm³/mol. The summed E-state index contributed by atoms with van der Waals surface area (Å²) in [6.07, 6.45) is 3.34. The molecule has 1 amide bonds. The van der Waals surface area contributed by atoms with Gasteiger partial charge in [-0.2, -0.15) is 0 Å². The average Bonchev–Trinajstić information content (AvgIpc) is 2.61. The highest BCUT2D eigenvalue weighted by molar-refractivity contribution is 5.47. The zero-order chi connectivity index (χ0) is 16.8. The molecule has 0 radical (unpaired) electrons. The van der Waals surface area contributed by atoms with Crippen molar-refractivity contribution in [2.45, 2.75) is 40.5 Å². The fourth-order valence-electron chi connectivity index (χ4n) is 2.96. The number of carbonyl (C=O) groups is 1. The van der Waals surface area contributed by atoms with E-state index >= 15 is 0 Å². The molecule has 0 aromatic rings. The van der Waals surface area contributed by atoms with E-state index in [4.69, 9.17) is 0 Å². The number of piperazine rings is 1. The van der Waals surface area contributed by atoms with Gasteiger partial charge in [-0.3, -0.25) is 9.69 Å². The Morgan fingerprint density at radius 2 is 1.41 bits per heavy atom. The second kappa shape index (κ2) is 14.0. The molecule has 0 saturated carbocycles. The number of hydrogen-bond acceptors (Lipinski definition) is 4. The van der Waals surface area contributed by atoms with Gasteiger partial charge in [0.15, 0.2) is 0 Å². The lowest BCUT2D eigenvalue weighted by Gasteiger charge is -2.38. The number of amides is 1. The summed E-state index contributed by atoms with van der Waals surface area (Å²) >= 11 is 0. The third-order valence-corrected chi connectivity index (χ3v) is 4.16. The van der Waals surface area contributed by atoms with Crippen molar-refractivity contribution >= 4 is 6.41 Å². The molecule has 1 N–H and O–H groups in total. The molecule has 2 aliphatic rings. The first kappa shape index (κ1) is 21.4. The Hall–Kier alpha value is -0.650. The van der Waals surface area contributed by atoms with E-state index in [2.05, 4.69) is 15.1 Å². The van der Waals surface area contributed by atoms with Crippen LogP contribution >= 0.6 is 0 Å². The van der Waals surface area contributed by atoms with Crippen LogP contribution in [0.3, 0.4) is 0 Å². The van der Waals surface area contributed by atoms with Crippen molar-refractivity contribution in [2.75, 3.05) is 59.5 Å². The average molecular weight is 315 g/mol. The first-order valence-corrected chi connectivity index (χ1v) is 9.10. The molecule has 0 aliphatic carbocycles. The van der Waals surface area contributed by atoms with Crippen LogP contribution in [0.2, 0.25) is 0 Å². The molecule has 2 fully saturated rings. The molecule has 22 heavy (non-hydrogen) atoms. The topological polar surface area (TPSA) is 38.8 Å². The van der Waals surface area contributed by atoms with Crippen molar-refractivity contribution in [2.24, 2.45) is 5.92 Å². The number of carbonyl (C=O) groups excluding carboxylic acids is 1. The SMILES string of the molecule is CC.CC.CNCN1CCN(CC2CCN(C=O)CC2)CC1. The molecule has 0 bridgehead atoms. The number of nitrogens with one attached hydrogen (secondary N) is 1. The highest BCUT2D eigenvalue weighted by Gasteiger charge is 2.22. The zero-order valence-corrected chi connectivity index (χ0v) is 15.5. The van der Waals surface area contributed by atoms with E-state index < -0.39 is 0 Å². The van der Waals surface area contributed by atoms with Gasteiger partial charge < -0.3 is 15.1 Å². The minimum atomic E-state index is 0.789. The Morgan fingerprint density at radius 1 is 0.909 bits per heavy atom. The Balaban J connectivity index is 0.00000102. The number of rotatable bonds is 5. The van der Waals surface area contributed by atoms with Crippen LogP contribution in [0, 0.1) is 5.92 Å². The molecule has 0 unspecified atom stereocenters. The van der Waals surface area contributed by atoms with Crippen molar-refractivity contribution in [3.63, 3.8) is 0 Å². The molecular formula is C17H38N4O. The molecule has 0 aromatic carbocycles. The number of nitrogens with zero attached hydrogens (tertiary/aromatic N) is 3. The summed E-state index contributed by atoms with van der Waals surface area (Å²) < 4.78 is 0. The highest BCUT2D eigenvalue weighted by atomic mass is 16.1. The normalized spacial score (nSPS) is 20.5. The maximum Gasteiger partial charge on any atom is 0.209 e. The minimum absolute atomic E-state index is 0.789. The van der Waals surface area contributed by atoms with E-state index in [0.29, 0.717) is 0 Å². The molecular weight excluding hydrogens is 276 g/mol. The van der Waals surface area contributed by atoms with Crippen molar-refractivity contribution < 1.29 is 4.79 Å². The van der Waals surface area contributed by atoms with E-state index in [0.717, 1.165) is 32.1 Å². The Morgan fingerprint density at radius 3 is 1.86 bits per heavy atom. The molecule has 0 atom stereocenters. The molecule has 2 rings (SSSR count). The highest BCUT2D eigenvalue weighted by Crippen LogP contribution is 2.18. The second-order valence-electron chi connectivity index (χ2n) is 5.52.